The molecule has 1 aliphatic carbocycles. The highest BCUT2D eigenvalue weighted by atomic mass is 19.4. The van der Waals surface area contributed by atoms with Crippen LogP contribution in [0.15, 0.2) is 36.4 Å². The minimum Gasteiger partial charge on any atom is -0.429 e. The minimum absolute atomic E-state index is 0.212. The molecule has 0 unspecified atom stereocenters. The Morgan fingerprint density at radius 3 is 1.86 bits per heavy atom. The number of rotatable bonds is 10. The second-order valence-corrected chi connectivity index (χ2v) is 9.15. The van der Waals surface area contributed by atoms with Crippen molar-refractivity contribution in [1.29, 1.82) is 0 Å². The van der Waals surface area contributed by atoms with Gasteiger partial charge in [-0.15, -0.1) is 13.2 Å². The van der Waals surface area contributed by atoms with Crippen LogP contribution >= 0.6 is 0 Å². The first-order chi connectivity index (χ1) is 16.5. The molecule has 2 nitrogen and oxygen atoms in total. The van der Waals surface area contributed by atoms with Crippen LogP contribution in [-0.4, -0.2) is 6.36 Å². The first-order valence-electron chi connectivity index (χ1n) is 11.9. The Balaban J connectivity index is 1.56. The molecule has 35 heavy (non-hydrogen) atoms. The third-order valence-corrected chi connectivity index (χ3v) is 6.50. The Morgan fingerprint density at radius 2 is 1.34 bits per heavy atom. The molecule has 0 aliphatic heterocycles. The highest BCUT2D eigenvalue weighted by molar-refractivity contribution is 5.36. The maximum absolute atomic E-state index is 14.5. The molecule has 1 aliphatic rings. The van der Waals surface area contributed by atoms with Crippen LogP contribution in [-0.2, 0) is 12.5 Å². The number of unbranched alkanes of at least 4 members (excludes halogenated alkanes) is 1. The average molecular weight is 507 g/mol. The summed E-state index contributed by atoms with van der Waals surface area (Å²) in [4.78, 5) is 0. The second-order valence-electron chi connectivity index (χ2n) is 9.15. The summed E-state index contributed by atoms with van der Waals surface area (Å²) in [5, 5.41) is 0. The molecule has 0 spiro atoms. The lowest BCUT2D eigenvalue weighted by molar-refractivity contribution is -0.276. The molecule has 0 radical (unpaired) electrons. The highest BCUT2D eigenvalue weighted by Crippen LogP contribution is 2.37. The van der Waals surface area contributed by atoms with Gasteiger partial charge in [-0.3, -0.25) is 0 Å². The monoisotopic (exact) mass is 506 g/mol. The van der Waals surface area contributed by atoms with E-state index in [4.69, 9.17) is 0 Å². The zero-order valence-electron chi connectivity index (χ0n) is 19.4. The van der Waals surface area contributed by atoms with Gasteiger partial charge in [0.1, 0.15) is 5.75 Å². The van der Waals surface area contributed by atoms with Gasteiger partial charge in [0.2, 0.25) is 5.75 Å². The molecule has 0 heterocycles. The zero-order chi connectivity index (χ0) is 25.6. The second kappa shape index (κ2) is 11.5. The lowest BCUT2D eigenvalue weighted by Crippen LogP contribution is -2.22. The van der Waals surface area contributed by atoms with E-state index in [0.717, 1.165) is 24.3 Å². The number of alkyl halides is 5. The van der Waals surface area contributed by atoms with E-state index < -0.39 is 41.2 Å². The van der Waals surface area contributed by atoms with Crippen molar-refractivity contribution in [2.45, 2.75) is 77.2 Å². The molecule has 1 saturated carbocycles. The molecule has 1 fully saturated rings. The van der Waals surface area contributed by atoms with E-state index in [1.54, 1.807) is 12.1 Å². The summed E-state index contributed by atoms with van der Waals surface area (Å²) in [5.41, 5.74) is 0.345. The Bertz CT molecular complexity index is 926. The van der Waals surface area contributed by atoms with E-state index in [0.29, 0.717) is 5.92 Å². The zero-order valence-corrected chi connectivity index (χ0v) is 19.4. The summed E-state index contributed by atoms with van der Waals surface area (Å²) >= 11 is 0. The van der Waals surface area contributed by atoms with Crippen LogP contribution < -0.4 is 9.47 Å². The van der Waals surface area contributed by atoms with Crippen LogP contribution in [0.3, 0.4) is 0 Å². The standard InChI is InChI=1S/C26H29F7O2/c1-2-3-4-17-5-7-18(8-6-17)9-10-19-11-13-20(14-12-19)25(29,30)34-21-15-22(27)24(23(28)16-21)35-26(31,32)33/h11-18H,2-10H2,1H3. The Labute approximate surface area is 200 Å². The van der Waals surface area contributed by atoms with Crippen molar-refractivity contribution in [2.24, 2.45) is 11.8 Å². The van der Waals surface area contributed by atoms with Gasteiger partial charge in [-0.05, 0) is 42.4 Å². The van der Waals surface area contributed by atoms with Crippen LogP contribution in [0.25, 0.3) is 0 Å². The first kappa shape index (κ1) is 27.1. The van der Waals surface area contributed by atoms with Gasteiger partial charge in [0.25, 0.3) is 0 Å². The molecular formula is C26H29F7O2. The SMILES string of the molecule is CCCCC1CCC(CCc2ccc(C(F)(F)Oc3cc(F)c(OC(F)(F)F)c(F)c3)cc2)CC1. The summed E-state index contributed by atoms with van der Waals surface area (Å²) in [6, 6.07) is 5.88. The third kappa shape index (κ3) is 8.04. The number of halogens is 7. The molecule has 3 rings (SSSR count). The predicted molar refractivity (Wildman–Crippen MR) is 117 cm³/mol. The van der Waals surface area contributed by atoms with Gasteiger partial charge >= 0.3 is 12.5 Å². The van der Waals surface area contributed by atoms with Gasteiger partial charge in [-0.1, -0.05) is 64.0 Å². The Kier molecular flexibility index (Phi) is 8.94. The first-order valence-corrected chi connectivity index (χ1v) is 11.9. The summed E-state index contributed by atoms with van der Waals surface area (Å²) < 4.78 is 101. The van der Waals surface area contributed by atoms with Crippen LogP contribution in [0.4, 0.5) is 30.7 Å². The molecule has 0 saturated heterocycles. The van der Waals surface area contributed by atoms with Crippen molar-refractivity contribution >= 4 is 0 Å². The van der Waals surface area contributed by atoms with E-state index in [1.807, 2.05) is 0 Å². The average Bonchev–Trinajstić information content (AvgIpc) is 2.79. The molecule has 0 atom stereocenters. The van der Waals surface area contributed by atoms with E-state index in [2.05, 4.69) is 16.4 Å². The van der Waals surface area contributed by atoms with Gasteiger partial charge in [0, 0.05) is 12.1 Å². The van der Waals surface area contributed by atoms with Gasteiger partial charge in [0.15, 0.2) is 11.6 Å². The van der Waals surface area contributed by atoms with Crippen molar-refractivity contribution in [3.8, 4) is 11.5 Å². The fourth-order valence-electron chi connectivity index (χ4n) is 4.55. The van der Waals surface area contributed by atoms with E-state index in [1.165, 1.54) is 57.1 Å². The minimum atomic E-state index is -5.34. The maximum Gasteiger partial charge on any atom is 0.573 e. The Hall–Kier alpha value is -2.45. The summed E-state index contributed by atoms with van der Waals surface area (Å²) in [7, 11) is 0. The number of aryl methyl sites for hydroxylation is 1. The van der Waals surface area contributed by atoms with E-state index in [9.17, 15) is 30.7 Å². The smallest absolute Gasteiger partial charge is 0.429 e. The molecule has 0 bridgehead atoms. The normalized spacial score (nSPS) is 19.0. The lowest BCUT2D eigenvalue weighted by atomic mass is 9.78. The number of ether oxygens (including phenoxy) is 2. The fraction of sp³-hybridized carbons (Fsp3) is 0.538. The van der Waals surface area contributed by atoms with Crippen molar-refractivity contribution in [1.82, 2.24) is 0 Å². The molecule has 194 valence electrons. The van der Waals surface area contributed by atoms with Crippen molar-refractivity contribution < 1.29 is 40.2 Å². The largest absolute Gasteiger partial charge is 0.573 e. The van der Waals surface area contributed by atoms with Crippen molar-refractivity contribution in [3.63, 3.8) is 0 Å². The molecule has 0 amide bonds. The van der Waals surface area contributed by atoms with Crippen molar-refractivity contribution in [2.75, 3.05) is 0 Å². The summed E-state index contributed by atoms with van der Waals surface area (Å²) in [6.45, 7) is 2.20. The molecule has 0 aromatic heterocycles. The van der Waals surface area contributed by atoms with Gasteiger partial charge in [-0.25, -0.2) is 8.78 Å². The van der Waals surface area contributed by atoms with Crippen LogP contribution in [0.2, 0.25) is 0 Å². The van der Waals surface area contributed by atoms with E-state index >= 15 is 0 Å². The quantitative estimate of drug-likeness (QED) is 0.300. The number of hydrogen-bond donors (Lipinski definition) is 0. The maximum atomic E-state index is 14.5. The molecule has 2 aromatic carbocycles. The molecule has 9 heteroatoms. The van der Waals surface area contributed by atoms with Crippen LogP contribution in [0.5, 0.6) is 11.5 Å². The van der Waals surface area contributed by atoms with Gasteiger partial charge in [0.05, 0.1) is 5.56 Å². The van der Waals surface area contributed by atoms with Gasteiger partial charge in [-0.2, -0.15) is 8.78 Å². The van der Waals surface area contributed by atoms with Gasteiger partial charge < -0.3 is 9.47 Å². The van der Waals surface area contributed by atoms with Crippen LogP contribution in [0.1, 0.15) is 69.4 Å². The third-order valence-electron chi connectivity index (χ3n) is 6.50. The van der Waals surface area contributed by atoms with Crippen LogP contribution in [0, 0.1) is 23.5 Å². The lowest BCUT2D eigenvalue weighted by Gasteiger charge is -2.28. The predicted octanol–water partition coefficient (Wildman–Crippen LogP) is 8.92. The Morgan fingerprint density at radius 1 is 0.800 bits per heavy atom. The number of hydrogen-bond acceptors (Lipinski definition) is 2. The van der Waals surface area contributed by atoms with Crippen molar-refractivity contribution in [3.05, 3.63) is 59.2 Å². The molecular weight excluding hydrogens is 477 g/mol. The summed E-state index contributed by atoms with van der Waals surface area (Å²) in [6.07, 6.45) is 1.11. The molecule has 2 aromatic rings. The topological polar surface area (TPSA) is 18.5 Å². The summed E-state index contributed by atoms with van der Waals surface area (Å²) in [5.74, 6) is -4.90. The van der Waals surface area contributed by atoms with E-state index in [-0.39, 0.29) is 12.1 Å². The number of benzene rings is 2. The fourth-order valence-corrected chi connectivity index (χ4v) is 4.55. The molecule has 0 N–H and O–H groups in total. The highest BCUT2D eigenvalue weighted by Gasteiger charge is 2.37.